The van der Waals surface area contributed by atoms with Gasteiger partial charge in [-0.05, 0) is 32.9 Å². The van der Waals surface area contributed by atoms with E-state index in [-0.39, 0.29) is 0 Å². The second-order valence-electron chi connectivity index (χ2n) is 7.47. The fourth-order valence-electron chi connectivity index (χ4n) is 4.10. The number of aromatic nitrogens is 2. The normalized spacial score (nSPS) is 14.7. The smallest absolute Gasteiger partial charge is 0.336 e. The molecular formula is C23H22ClN3O4S. The maximum Gasteiger partial charge on any atom is 0.336 e. The maximum absolute atomic E-state index is 12.9. The molecule has 4 rings (SSSR count). The van der Waals surface area contributed by atoms with Crippen molar-refractivity contribution >= 4 is 39.8 Å². The monoisotopic (exact) mass is 471 g/mol. The number of thiazole rings is 1. The van der Waals surface area contributed by atoms with Gasteiger partial charge in [-0.2, -0.15) is 0 Å². The average molecular weight is 472 g/mol. The van der Waals surface area contributed by atoms with E-state index in [9.17, 15) is 9.59 Å². The van der Waals surface area contributed by atoms with E-state index in [2.05, 4.69) is 5.32 Å². The molecule has 0 saturated heterocycles. The first-order valence-electron chi connectivity index (χ1n) is 9.86. The molecule has 32 heavy (non-hydrogen) atoms. The quantitative estimate of drug-likeness (QED) is 0.560. The van der Waals surface area contributed by atoms with E-state index in [1.807, 2.05) is 29.7 Å². The molecule has 0 atom stereocenters. The molecule has 0 unspecified atom stereocenters. The number of hydrogen-bond donors (Lipinski definition) is 1. The Morgan fingerprint density at radius 3 is 2.12 bits per heavy atom. The number of methoxy groups -OCH3 is 2. The molecule has 1 aromatic carbocycles. The second-order valence-corrected chi connectivity index (χ2v) is 9.12. The molecule has 0 bridgehead atoms. The lowest BCUT2D eigenvalue weighted by Crippen LogP contribution is -2.32. The summed E-state index contributed by atoms with van der Waals surface area (Å²) in [5.74, 6) is -1.80. The third-order valence-corrected chi connectivity index (χ3v) is 6.59. The standard InChI is InChI=1S/C23H22ClN3O4S/c1-11-10-27-20(19(26-23(27)32-11)14-6-8-15(24)9-7-14)18-16(21(28)30-4)12(2)25-13(3)17(18)22(29)31-5/h6-10,18,25H,1-5H3. The first-order chi connectivity index (χ1) is 15.3. The minimum Gasteiger partial charge on any atom is -0.466 e. The van der Waals surface area contributed by atoms with Crippen molar-refractivity contribution in [2.45, 2.75) is 26.7 Å². The zero-order chi connectivity index (χ0) is 23.2. The molecule has 1 N–H and O–H groups in total. The van der Waals surface area contributed by atoms with E-state index in [0.29, 0.717) is 39.0 Å². The van der Waals surface area contributed by atoms with Gasteiger partial charge in [0.05, 0.1) is 42.7 Å². The number of nitrogens with one attached hydrogen (secondary N) is 1. The van der Waals surface area contributed by atoms with Crippen molar-refractivity contribution in [1.82, 2.24) is 14.7 Å². The van der Waals surface area contributed by atoms with Crippen LogP contribution in [0.25, 0.3) is 16.2 Å². The molecule has 166 valence electrons. The number of fused-ring (bicyclic) bond motifs is 1. The molecule has 9 heteroatoms. The van der Waals surface area contributed by atoms with Crippen LogP contribution in [0.15, 0.2) is 53.0 Å². The number of ether oxygens (including phenoxy) is 2. The van der Waals surface area contributed by atoms with Crippen molar-refractivity contribution in [2.75, 3.05) is 14.2 Å². The Morgan fingerprint density at radius 2 is 1.59 bits per heavy atom. The Morgan fingerprint density at radius 1 is 1.03 bits per heavy atom. The molecule has 0 radical (unpaired) electrons. The van der Waals surface area contributed by atoms with Crippen LogP contribution in [0.3, 0.4) is 0 Å². The van der Waals surface area contributed by atoms with Gasteiger partial charge >= 0.3 is 11.9 Å². The number of carbonyl (C=O) groups is 2. The Balaban J connectivity index is 2.09. The number of esters is 2. The molecule has 2 aromatic heterocycles. The van der Waals surface area contributed by atoms with Crippen molar-refractivity contribution < 1.29 is 19.1 Å². The van der Waals surface area contributed by atoms with Gasteiger partial charge in [-0.1, -0.05) is 23.7 Å². The number of benzene rings is 1. The highest BCUT2D eigenvalue weighted by molar-refractivity contribution is 7.17. The lowest BCUT2D eigenvalue weighted by molar-refractivity contribution is -0.137. The minimum absolute atomic E-state index is 0.333. The third kappa shape index (κ3) is 3.59. The summed E-state index contributed by atoms with van der Waals surface area (Å²) in [5, 5.41) is 3.74. The van der Waals surface area contributed by atoms with Gasteiger partial charge in [0, 0.05) is 33.1 Å². The van der Waals surface area contributed by atoms with E-state index >= 15 is 0 Å². The third-order valence-electron chi connectivity index (χ3n) is 5.44. The lowest BCUT2D eigenvalue weighted by Gasteiger charge is -2.30. The Bertz CT molecular complexity index is 1260. The zero-order valence-electron chi connectivity index (χ0n) is 18.3. The summed E-state index contributed by atoms with van der Waals surface area (Å²) >= 11 is 7.63. The van der Waals surface area contributed by atoms with Crippen LogP contribution in [0.5, 0.6) is 0 Å². The molecule has 0 saturated carbocycles. The zero-order valence-corrected chi connectivity index (χ0v) is 19.9. The van der Waals surface area contributed by atoms with Crippen molar-refractivity contribution in [1.29, 1.82) is 0 Å². The molecular weight excluding hydrogens is 450 g/mol. The highest BCUT2D eigenvalue weighted by atomic mass is 35.5. The van der Waals surface area contributed by atoms with Crippen molar-refractivity contribution in [3.63, 3.8) is 0 Å². The SMILES string of the molecule is COC(=O)C1=C(C)NC(C)=C(C(=O)OC)C1c1c(-c2ccc(Cl)cc2)nc2sc(C)cn12. The fourth-order valence-corrected chi connectivity index (χ4v) is 5.06. The first kappa shape index (κ1) is 22.1. The fraction of sp³-hybridized carbons (Fsp3) is 0.261. The van der Waals surface area contributed by atoms with Crippen LogP contribution < -0.4 is 5.32 Å². The summed E-state index contributed by atoms with van der Waals surface area (Å²) in [4.78, 5) is 32.5. The molecule has 1 aliphatic heterocycles. The number of imidazole rings is 1. The summed E-state index contributed by atoms with van der Waals surface area (Å²) in [6.07, 6.45) is 1.96. The molecule has 7 nitrogen and oxygen atoms in total. The van der Waals surface area contributed by atoms with Gasteiger partial charge in [0.1, 0.15) is 0 Å². The van der Waals surface area contributed by atoms with Crippen LogP contribution in [0.2, 0.25) is 5.02 Å². The minimum atomic E-state index is -0.745. The number of aryl methyl sites for hydroxylation is 1. The van der Waals surface area contributed by atoms with Crippen LogP contribution in [0.1, 0.15) is 30.3 Å². The van der Waals surface area contributed by atoms with Gasteiger partial charge in [-0.3, -0.25) is 4.40 Å². The largest absolute Gasteiger partial charge is 0.466 e. The van der Waals surface area contributed by atoms with Crippen LogP contribution in [-0.2, 0) is 19.1 Å². The van der Waals surface area contributed by atoms with Crippen LogP contribution >= 0.6 is 22.9 Å². The summed E-state index contributed by atoms with van der Waals surface area (Å²) < 4.78 is 12.2. The van der Waals surface area contributed by atoms with E-state index in [4.69, 9.17) is 26.1 Å². The molecule has 0 spiro atoms. The predicted molar refractivity (Wildman–Crippen MR) is 124 cm³/mol. The van der Waals surface area contributed by atoms with E-state index in [1.165, 1.54) is 25.6 Å². The summed E-state index contributed by atoms with van der Waals surface area (Å²) in [5.41, 5.74) is 4.04. The molecule has 3 aromatic rings. The van der Waals surface area contributed by atoms with Gasteiger partial charge in [0.2, 0.25) is 0 Å². The number of hydrogen-bond acceptors (Lipinski definition) is 7. The maximum atomic E-state index is 12.9. The van der Waals surface area contributed by atoms with Crippen LogP contribution in [0.4, 0.5) is 0 Å². The Labute approximate surface area is 194 Å². The van der Waals surface area contributed by atoms with E-state index < -0.39 is 17.9 Å². The number of rotatable bonds is 4. The predicted octanol–water partition coefficient (Wildman–Crippen LogP) is 4.61. The van der Waals surface area contributed by atoms with Gasteiger partial charge < -0.3 is 14.8 Å². The summed E-state index contributed by atoms with van der Waals surface area (Å²) in [7, 11) is 2.65. The number of halogens is 1. The van der Waals surface area contributed by atoms with Gasteiger partial charge in [0.15, 0.2) is 4.96 Å². The number of dihydropyridines is 1. The van der Waals surface area contributed by atoms with Crippen molar-refractivity contribution in [3.8, 4) is 11.3 Å². The number of allylic oxidation sites excluding steroid dienone is 2. The van der Waals surface area contributed by atoms with Gasteiger partial charge in [-0.15, -0.1) is 11.3 Å². The number of carbonyl (C=O) groups excluding carboxylic acids is 2. The van der Waals surface area contributed by atoms with E-state index in [1.54, 1.807) is 26.0 Å². The van der Waals surface area contributed by atoms with E-state index in [0.717, 1.165) is 15.4 Å². The van der Waals surface area contributed by atoms with Gasteiger partial charge in [0.25, 0.3) is 0 Å². The molecule has 3 heterocycles. The highest BCUT2D eigenvalue weighted by Gasteiger charge is 2.41. The lowest BCUT2D eigenvalue weighted by atomic mass is 9.81. The average Bonchev–Trinajstić information content (AvgIpc) is 3.28. The number of nitrogens with zero attached hydrogens (tertiary/aromatic N) is 2. The summed E-state index contributed by atoms with van der Waals surface area (Å²) in [6, 6.07) is 7.31. The van der Waals surface area contributed by atoms with Crippen LogP contribution in [-0.4, -0.2) is 35.5 Å². The van der Waals surface area contributed by atoms with Gasteiger partial charge in [-0.25, -0.2) is 14.6 Å². The topological polar surface area (TPSA) is 81.9 Å². The van der Waals surface area contributed by atoms with Crippen molar-refractivity contribution in [2.24, 2.45) is 0 Å². The Kier molecular flexibility index (Phi) is 5.83. The molecule has 0 aliphatic carbocycles. The molecule has 0 fully saturated rings. The highest BCUT2D eigenvalue weighted by Crippen LogP contribution is 2.44. The summed E-state index contributed by atoms with van der Waals surface area (Å²) in [6.45, 7) is 5.56. The Hall–Kier alpha value is -3.10. The molecule has 0 amide bonds. The molecule has 1 aliphatic rings. The second kappa shape index (κ2) is 8.44. The first-order valence-corrected chi connectivity index (χ1v) is 11.1. The van der Waals surface area contributed by atoms with Crippen molar-refractivity contribution in [3.05, 3.63) is 68.6 Å². The van der Waals surface area contributed by atoms with Crippen LogP contribution in [0, 0.1) is 6.92 Å².